The molecule has 2 nitrogen and oxygen atoms in total. The number of ether oxygens (including phenoxy) is 1. The van der Waals surface area contributed by atoms with Crippen molar-refractivity contribution in [2.24, 2.45) is 0 Å². The lowest BCUT2D eigenvalue weighted by atomic mass is 10.0. The fraction of sp³-hybridized carbons (Fsp3) is 0.455. The minimum absolute atomic E-state index is 0.0109. The molecule has 0 atom stereocenters. The number of rotatable bonds is 0. The molecule has 0 aliphatic carbocycles. The lowest BCUT2D eigenvalue weighted by Crippen LogP contribution is -2.40. The smallest absolute Gasteiger partial charge is 0.421 e. The summed E-state index contributed by atoms with van der Waals surface area (Å²) in [5.74, 6) is -0.136. The number of benzene rings is 1. The molecule has 94 valence electrons. The van der Waals surface area contributed by atoms with Gasteiger partial charge in [-0.05, 0) is 26.0 Å². The highest BCUT2D eigenvalue weighted by atomic mass is 79.9. The Kier molecular flexibility index (Phi) is 2.80. The number of alkyl halides is 3. The molecule has 1 aliphatic heterocycles. The van der Waals surface area contributed by atoms with Gasteiger partial charge >= 0.3 is 6.18 Å². The van der Waals surface area contributed by atoms with Gasteiger partial charge in [-0.15, -0.1) is 0 Å². The van der Waals surface area contributed by atoms with E-state index in [9.17, 15) is 13.2 Å². The van der Waals surface area contributed by atoms with Crippen molar-refractivity contribution < 1.29 is 17.9 Å². The average Bonchev–Trinajstić information content (AvgIpc) is 2.13. The van der Waals surface area contributed by atoms with Crippen LogP contribution in [-0.2, 0) is 6.18 Å². The van der Waals surface area contributed by atoms with Gasteiger partial charge in [0.15, 0.2) is 5.75 Å². The van der Waals surface area contributed by atoms with Gasteiger partial charge in [0.1, 0.15) is 11.2 Å². The first-order valence-corrected chi connectivity index (χ1v) is 5.82. The summed E-state index contributed by atoms with van der Waals surface area (Å²) in [6.07, 6.45) is -4.45. The quantitative estimate of drug-likeness (QED) is 0.780. The summed E-state index contributed by atoms with van der Waals surface area (Å²) in [7, 11) is 0. The molecule has 0 bridgehead atoms. The Balaban J connectivity index is 2.60. The number of anilines is 1. The van der Waals surface area contributed by atoms with E-state index < -0.39 is 17.3 Å². The molecule has 0 amide bonds. The minimum atomic E-state index is -4.45. The molecule has 0 radical (unpaired) electrons. The lowest BCUT2D eigenvalue weighted by Gasteiger charge is -2.35. The van der Waals surface area contributed by atoms with Gasteiger partial charge in [-0.1, -0.05) is 15.9 Å². The summed E-state index contributed by atoms with van der Waals surface area (Å²) in [6, 6.07) is 2.94. The van der Waals surface area contributed by atoms with Gasteiger partial charge in [0.05, 0.1) is 12.2 Å². The van der Waals surface area contributed by atoms with Crippen LogP contribution in [-0.4, -0.2) is 12.1 Å². The minimum Gasteiger partial charge on any atom is -0.483 e. The Morgan fingerprint density at radius 2 is 2.00 bits per heavy atom. The van der Waals surface area contributed by atoms with Gasteiger partial charge in [-0.2, -0.15) is 13.2 Å². The first kappa shape index (κ1) is 12.5. The molecule has 0 aromatic heterocycles. The summed E-state index contributed by atoms with van der Waals surface area (Å²) in [5, 5.41) is 2.95. The Morgan fingerprint density at radius 3 is 2.59 bits per heavy atom. The van der Waals surface area contributed by atoms with Crippen LogP contribution in [0.5, 0.6) is 5.75 Å². The molecule has 1 aromatic carbocycles. The van der Waals surface area contributed by atoms with Crippen molar-refractivity contribution in [1.82, 2.24) is 0 Å². The van der Waals surface area contributed by atoms with Gasteiger partial charge < -0.3 is 10.1 Å². The van der Waals surface area contributed by atoms with Crippen LogP contribution in [0.15, 0.2) is 16.6 Å². The SMILES string of the molecule is CC1(C)CNc2ccc(Br)c(C(F)(F)F)c2O1. The number of hydrogen-bond acceptors (Lipinski definition) is 2. The van der Waals surface area contributed by atoms with E-state index in [-0.39, 0.29) is 10.2 Å². The molecular formula is C11H11BrF3NO. The second-order valence-electron chi connectivity index (χ2n) is 4.51. The zero-order valence-electron chi connectivity index (χ0n) is 9.28. The van der Waals surface area contributed by atoms with Gasteiger partial charge in [0.25, 0.3) is 0 Å². The maximum atomic E-state index is 13.0. The molecule has 1 heterocycles. The third-order valence-corrected chi connectivity index (χ3v) is 3.13. The van der Waals surface area contributed by atoms with Crippen LogP contribution < -0.4 is 10.1 Å². The van der Waals surface area contributed by atoms with Crippen molar-refractivity contribution >= 4 is 21.6 Å². The van der Waals surface area contributed by atoms with Crippen molar-refractivity contribution in [3.8, 4) is 5.75 Å². The van der Waals surface area contributed by atoms with Gasteiger partial charge in [-0.3, -0.25) is 0 Å². The van der Waals surface area contributed by atoms with Crippen molar-refractivity contribution in [1.29, 1.82) is 0 Å². The molecule has 0 fully saturated rings. The summed E-state index contributed by atoms with van der Waals surface area (Å²) >= 11 is 2.92. The molecule has 1 N–H and O–H groups in total. The van der Waals surface area contributed by atoms with E-state index >= 15 is 0 Å². The molecule has 0 saturated heterocycles. The molecule has 0 spiro atoms. The predicted molar refractivity (Wildman–Crippen MR) is 62.3 cm³/mol. The van der Waals surface area contributed by atoms with Crippen LogP contribution in [0.1, 0.15) is 19.4 Å². The molecule has 1 aliphatic rings. The molecule has 1 aromatic rings. The first-order chi connectivity index (χ1) is 7.71. The summed E-state index contributed by atoms with van der Waals surface area (Å²) in [5.41, 5.74) is -1.05. The Bertz CT molecular complexity index is 457. The second kappa shape index (κ2) is 3.80. The summed E-state index contributed by atoms with van der Waals surface area (Å²) in [4.78, 5) is 0. The van der Waals surface area contributed by atoms with Gasteiger partial charge in [-0.25, -0.2) is 0 Å². The van der Waals surface area contributed by atoms with E-state index in [1.54, 1.807) is 19.9 Å². The van der Waals surface area contributed by atoms with Crippen molar-refractivity contribution in [3.05, 3.63) is 22.2 Å². The van der Waals surface area contributed by atoms with Crippen LogP contribution in [0.2, 0.25) is 0 Å². The standard InChI is InChI=1S/C11H11BrF3NO/c1-10(2)5-16-7-4-3-6(12)8(9(7)17-10)11(13,14)15/h3-4,16H,5H2,1-2H3. The number of hydrogen-bond donors (Lipinski definition) is 1. The average molecular weight is 310 g/mol. The van der Waals surface area contributed by atoms with Crippen molar-refractivity contribution in [2.75, 3.05) is 11.9 Å². The maximum Gasteiger partial charge on any atom is 0.421 e. The van der Waals surface area contributed by atoms with Gasteiger partial charge in [0.2, 0.25) is 0 Å². The normalized spacial score (nSPS) is 18.0. The van der Waals surface area contributed by atoms with Crippen LogP contribution in [0, 0.1) is 0 Å². The van der Waals surface area contributed by atoms with E-state index in [0.717, 1.165) is 0 Å². The largest absolute Gasteiger partial charge is 0.483 e. The van der Waals surface area contributed by atoms with E-state index in [2.05, 4.69) is 21.2 Å². The summed E-state index contributed by atoms with van der Waals surface area (Å²) in [6.45, 7) is 3.95. The first-order valence-electron chi connectivity index (χ1n) is 5.03. The van der Waals surface area contributed by atoms with Crippen LogP contribution in [0.4, 0.5) is 18.9 Å². The van der Waals surface area contributed by atoms with E-state index in [1.165, 1.54) is 6.07 Å². The molecule has 0 saturated carbocycles. The van der Waals surface area contributed by atoms with Crippen molar-refractivity contribution in [3.63, 3.8) is 0 Å². The zero-order valence-corrected chi connectivity index (χ0v) is 10.9. The molecule has 0 unspecified atom stereocenters. The van der Waals surface area contributed by atoms with E-state index in [0.29, 0.717) is 12.2 Å². The molecule has 17 heavy (non-hydrogen) atoms. The monoisotopic (exact) mass is 309 g/mol. The highest BCUT2D eigenvalue weighted by molar-refractivity contribution is 9.10. The highest BCUT2D eigenvalue weighted by Crippen LogP contribution is 2.47. The lowest BCUT2D eigenvalue weighted by molar-refractivity contribution is -0.140. The third-order valence-electron chi connectivity index (χ3n) is 2.47. The molecular weight excluding hydrogens is 299 g/mol. The third kappa shape index (κ3) is 2.36. The van der Waals surface area contributed by atoms with Gasteiger partial charge in [0, 0.05) is 4.47 Å². The van der Waals surface area contributed by atoms with Crippen molar-refractivity contribution in [2.45, 2.75) is 25.6 Å². The van der Waals surface area contributed by atoms with E-state index in [1.807, 2.05) is 0 Å². The fourth-order valence-electron chi connectivity index (χ4n) is 1.69. The van der Waals surface area contributed by atoms with Crippen LogP contribution in [0.3, 0.4) is 0 Å². The van der Waals surface area contributed by atoms with Crippen LogP contribution in [0.25, 0.3) is 0 Å². The maximum absolute atomic E-state index is 13.0. The Morgan fingerprint density at radius 1 is 1.35 bits per heavy atom. The van der Waals surface area contributed by atoms with Crippen LogP contribution >= 0.6 is 15.9 Å². The Labute approximate surface area is 105 Å². The fourth-order valence-corrected chi connectivity index (χ4v) is 2.23. The number of fused-ring (bicyclic) bond motifs is 1. The zero-order chi connectivity index (χ0) is 12.8. The predicted octanol–water partition coefficient (Wildman–Crippen LogP) is 4.05. The Hall–Kier alpha value is -0.910. The molecule has 2 rings (SSSR count). The van der Waals surface area contributed by atoms with E-state index in [4.69, 9.17) is 4.74 Å². The number of halogens is 4. The molecule has 6 heteroatoms. The number of nitrogens with one attached hydrogen (secondary N) is 1. The second-order valence-corrected chi connectivity index (χ2v) is 5.37. The topological polar surface area (TPSA) is 21.3 Å². The summed E-state index contributed by atoms with van der Waals surface area (Å²) < 4.78 is 44.3. The highest BCUT2D eigenvalue weighted by Gasteiger charge is 2.41.